The van der Waals surface area contributed by atoms with Crippen LogP contribution >= 0.6 is 0 Å². The Balaban J connectivity index is 1.47. The number of aromatic nitrogens is 1. The topological polar surface area (TPSA) is 24.9 Å². The van der Waals surface area contributed by atoms with Crippen molar-refractivity contribution in [3.63, 3.8) is 0 Å². The van der Waals surface area contributed by atoms with Crippen molar-refractivity contribution in [1.82, 2.24) is 10.3 Å². The average molecular weight is 445 g/mol. The lowest BCUT2D eigenvalue weighted by molar-refractivity contribution is 0.476. The number of nitrogens with one attached hydrogen (secondary N) is 1. The second-order valence-electron chi connectivity index (χ2n) is 9.21. The van der Waals surface area contributed by atoms with E-state index in [9.17, 15) is 0 Å². The molecule has 0 aliphatic heterocycles. The molecule has 1 aliphatic rings. The molecule has 3 aromatic carbocycles. The molecule has 2 nitrogen and oxygen atoms in total. The number of benzene rings is 3. The molecule has 34 heavy (non-hydrogen) atoms. The molecule has 2 heteroatoms. The Morgan fingerprint density at radius 1 is 0.765 bits per heavy atom. The van der Waals surface area contributed by atoms with Crippen molar-refractivity contribution in [2.24, 2.45) is 0 Å². The van der Waals surface area contributed by atoms with Crippen molar-refractivity contribution in [1.29, 1.82) is 0 Å². The fraction of sp³-hybridized carbons (Fsp3) is 0.219. The summed E-state index contributed by atoms with van der Waals surface area (Å²) in [4.78, 5) is 4.49. The van der Waals surface area contributed by atoms with E-state index in [0.717, 1.165) is 50.0 Å². The minimum absolute atomic E-state index is 0.246. The molecule has 1 aliphatic carbocycles. The average Bonchev–Trinajstić information content (AvgIpc) is 2.89. The minimum atomic E-state index is -0.246. The van der Waals surface area contributed by atoms with E-state index < -0.39 is 0 Å². The standard InChI is InChI=1S/C32H32N2/c1-25(33-23-20-29-17-9-10-22-34-29)32(21-11-14-26-12-3-2-4-13-26)30-18-7-5-15-27(30)24-28-16-6-8-19-31(28)32/h2-10,12-13,15-19,22,33H,1,11,14,20-21,23-24H2. The van der Waals surface area contributed by atoms with Gasteiger partial charge in [0.2, 0.25) is 0 Å². The predicted molar refractivity (Wildman–Crippen MR) is 141 cm³/mol. The van der Waals surface area contributed by atoms with Crippen molar-refractivity contribution in [3.05, 3.63) is 149 Å². The first kappa shape index (κ1) is 22.2. The number of fused-ring (bicyclic) bond motifs is 2. The monoisotopic (exact) mass is 444 g/mol. The summed E-state index contributed by atoms with van der Waals surface area (Å²) in [6.45, 7) is 5.49. The van der Waals surface area contributed by atoms with Gasteiger partial charge in [-0.25, -0.2) is 0 Å². The van der Waals surface area contributed by atoms with Crippen LogP contribution in [0.25, 0.3) is 0 Å². The van der Waals surface area contributed by atoms with E-state index in [-0.39, 0.29) is 5.41 Å². The van der Waals surface area contributed by atoms with Gasteiger partial charge in [0.25, 0.3) is 0 Å². The highest BCUT2D eigenvalue weighted by Crippen LogP contribution is 2.48. The van der Waals surface area contributed by atoms with E-state index in [2.05, 4.69) is 108 Å². The molecule has 4 aromatic rings. The molecular formula is C32H32N2. The van der Waals surface area contributed by atoms with Crippen LogP contribution in [0.1, 0.15) is 46.4 Å². The number of aryl methyl sites for hydroxylation is 1. The molecule has 0 atom stereocenters. The van der Waals surface area contributed by atoms with Gasteiger partial charge in [-0.2, -0.15) is 0 Å². The van der Waals surface area contributed by atoms with E-state index in [1.165, 1.54) is 27.8 Å². The largest absolute Gasteiger partial charge is 0.387 e. The maximum atomic E-state index is 4.67. The van der Waals surface area contributed by atoms with Crippen LogP contribution in [0.3, 0.4) is 0 Å². The Morgan fingerprint density at radius 3 is 2.09 bits per heavy atom. The van der Waals surface area contributed by atoms with Crippen LogP contribution < -0.4 is 5.32 Å². The van der Waals surface area contributed by atoms with Crippen molar-refractivity contribution in [2.45, 2.75) is 37.5 Å². The third kappa shape index (κ3) is 4.41. The zero-order valence-electron chi connectivity index (χ0n) is 19.7. The number of allylic oxidation sites excluding steroid dienone is 1. The van der Waals surface area contributed by atoms with Crippen LogP contribution in [0.15, 0.2) is 116 Å². The Morgan fingerprint density at radius 2 is 1.41 bits per heavy atom. The van der Waals surface area contributed by atoms with Gasteiger partial charge in [-0.15, -0.1) is 0 Å². The van der Waals surface area contributed by atoms with Gasteiger partial charge in [0.05, 0.1) is 5.41 Å². The van der Waals surface area contributed by atoms with Crippen LogP contribution in [0, 0.1) is 0 Å². The Bertz CT molecular complexity index is 1200. The lowest BCUT2D eigenvalue weighted by Crippen LogP contribution is -2.41. The van der Waals surface area contributed by atoms with Crippen molar-refractivity contribution in [3.8, 4) is 0 Å². The summed E-state index contributed by atoms with van der Waals surface area (Å²) < 4.78 is 0. The quantitative estimate of drug-likeness (QED) is 0.313. The van der Waals surface area contributed by atoms with Gasteiger partial charge >= 0.3 is 0 Å². The number of hydrogen-bond acceptors (Lipinski definition) is 2. The van der Waals surface area contributed by atoms with Gasteiger partial charge < -0.3 is 5.32 Å². The normalized spacial score (nSPS) is 13.5. The molecule has 0 fully saturated rings. The van der Waals surface area contributed by atoms with E-state index in [1.54, 1.807) is 0 Å². The summed E-state index contributed by atoms with van der Waals surface area (Å²) >= 11 is 0. The first-order chi connectivity index (χ1) is 16.8. The molecular weight excluding hydrogens is 412 g/mol. The van der Waals surface area contributed by atoms with E-state index >= 15 is 0 Å². The van der Waals surface area contributed by atoms with E-state index in [0.29, 0.717) is 0 Å². The number of pyridine rings is 1. The highest BCUT2D eigenvalue weighted by molar-refractivity contribution is 5.58. The smallest absolute Gasteiger partial charge is 0.0597 e. The Hall–Kier alpha value is -3.65. The summed E-state index contributed by atoms with van der Waals surface area (Å²) in [6, 6.07) is 34.8. The maximum Gasteiger partial charge on any atom is 0.0597 e. The third-order valence-corrected chi connectivity index (χ3v) is 7.16. The predicted octanol–water partition coefficient (Wildman–Crippen LogP) is 6.64. The molecule has 0 saturated heterocycles. The molecule has 0 saturated carbocycles. The Kier molecular flexibility index (Phi) is 6.58. The van der Waals surface area contributed by atoms with Gasteiger partial charge in [0.1, 0.15) is 0 Å². The van der Waals surface area contributed by atoms with Gasteiger partial charge in [-0.05, 0) is 65.6 Å². The van der Waals surface area contributed by atoms with Crippen molar-refractivity contribution >= 4 is 0 Å². The van der Waals surface area contributed by atoms with Crippen molar-refractivity contribution in [2.75, 3.05) is 6.54 Å². The Labute approximate surface area is 203 Å². The van der Waals surface area contributed by atoms with Crippen LogP contribution in [-0.4, -0.2) is 11.5 Å². The highest BCUT2D eigenvalue weighted by atomic mass is 14.9. The molecule has 170 valence electrons. The van der Waals surface area contributed by atoms with E-state index in [1.807, 2.05) is 12.3 Å². The molecule has 0 unspecified atom stereocenters. The number of hydrogen-bond donors (Lipinski definition) is 1. The lowest BCUT2D eigenvalue weighted by Gasteiger charge is -2.43. The van der Waals surface area contributed by atoms with Crippen molar-refractivity contribution < 1.29 is 0 Å². The third-order valence-electron chi connectivity index (χ3n) is 7.16. The van der Waals surface area contributed by atoms with Gasteiger partial charge in [-0.1, -0.05) is 91.5 Å². The number of rotatable bonds is 9. The maximum absolute atomic E-state index is 4.67. The van der Waals surface area contributed by atoms with Gasteiger partial charge in [0.15, 0.2) is 0 Å². The minimum Gasteiger partial charge on any atom is -0.387 e. The van der Waals surface area contributed by atoms with Crippen LogP contribution in [0.2, 0.25) is 0 Å². The summed E-state index contributed by atoms with van der Waals surface area (Å²) in [5.74, 6) is 0. The van der Waals surface area contributed by atoms with Crippen LogP contribution in [-0.2, 0) is 24.7 Å². The molecule has 0 amide bonds. The molecule has 1 N–H and O–H groups in total. The number of nitrogens with zero attached hydrogens (tertiary/aromatic N) is 1. The summed E-state index contributed by atoms with van der Waals surface area (Å²) in [7, 11) is 0. The molecule has 0 radical (unpaired) electrons. The molecule has 5 rings (SSSR count). The fourth-order valence-corrected chi connectivity index (χ4v) is 5.52. The first-order valence-electron chi connectivity index (χ1n) is 12.3. The molecule has 1 heterocycles. The summed E-state index contributed by atoms with van der Waals surface area (Å²) in [6.07, 6.45) is 6.90. The molecule has 0 spiro atoms. The zero-order valence-corrected chi connectivity index (χ0v) is 19.7. The van der Waals surface area contributed by atoms with E-state index in [4.69, 9.17) is 0 Å². The van der Waals surface area contributed by atoms with Crippen LogP contribution in [0.4, 0.5) is 0 Å². The summed E-state index contributed by atoms with van der Waals surface area (Å²) in [5, 5.41) is 3.74. The van der Waals surface area contributed by atoms with Gasteiger partial charge in [-0.3, -0.25) is 4.98 Å². The highest BCUT2D eigenvalue weighted by Gasteiger charge is 2.42. The second-order valence-corrected chi connectivity index (χ2v) is 9.21. The second kappa shape index (κ2) is 10.1. The van der Waals surface area contributed by atoms with Gasteiger partial charge in [0, 0.05) is 30.6 Å². The van der Waals surface area contributed by atoms with Crippen LogP contribution in [0.5, 0.6) is 0 Å². The lowest BCUT2D eigenvalue weighted by atomic mass is 9.62. The SMILES string of the molecule is C=C(NCCc1ccccn1)C1(CCCc2ccccc2)c2ccccc2Cc2ccccc21. The first-order valence-corrected chi connectivity index (χ1v) is 12.3. The zero-order chi connectivity index (χ0) is 23.2. The fourth-order valence-electron chi connectivity index (χ4n) is 5.52. The summed E-state index contributed by atoms with van der Waals surface area (Å²) in [5.41, 5.74) is 8.96. The molecule has 0 bridgehead atoms. The molecule has 1 aromatic heterocycles.